The van der Waals surface area contributed by atoms with Gasteiger partial charge < -0.3 is 0 Å². The molecule has 1 fully saturated rings. The van der Waals surface area contributed by atoms with Crippen LogP contribution in [-0.4, -0.2) is 0 Å². The SMILES string of the molecule is CCCCCCC=CC1CC1C. The van der Waals surface area contributed by atoms with E-state index in [1.165, 1.54) is 38.5 Å². The Morgan fingerprint density at radius 1 is 1.25 bits per heavy atom. The first-order valence-electron chi connectivity index (χ1n) is 5.51. The molecule has 0 saturated heterocycles. The van der Waals surface area contributed by atoms with Gasteiger partial charge in [-0.2, -0.15) is 0 Å². The maximum Gasteiger partial charge on any atom is -0.0205 e. The molecule has 0 aliphatic heterocycles. The third-order valence-corrected chi connectivity index (χ3v) is 2.78. The van der Waals surface area contributed by atoms with Crippen molar-refractivity contribution >= 4 is 0 Å². The van der Waals surface area contributed by atoms with Crippen LogP contribution >= 0.6 is 0 Å². The summed E-state index contributed by atoms with van der Waals surface area (Å²) in [5, 5.41) is 0. The van der Waals surface area contributed by atoms with Gasteiger partial charge in [-0.1, -0.05) is 45.3 Å². The number of hydrogen-bond donors (Lipinski definition) is 0. The van der Waals surface area contributed by atoms with E-state index in [0.29, 0.717) is 0 Å². The van der Waals surface area contributed by atoms with E-state index in [0.717, 1.165) is 11.8 Å². The number of rotatable bonds is 6. The van der Waals surface area contributed by atoms with Crippen molar-refractivity contribution in [2.45, 2.75) is 52.4 Å². The first-order valence-corrected chi connectivity index (χ1v) is 5.51. The molecular weight excluding hydrogens is 144 g/mol. The van der Waals surface area contributed by atoms with Gasteiger partial charge in [-0.3, -0.25) is 0 Å². The van der Waals surface area contributed by atoms with E-state index < -0.39 is 0 Å². The molecule has 0 amide bonds. The van der Waals surface area contributed by atoms with Crippen LogP contribution in [0.3, 0.4) is 0 Å². The van der Waals surface area contributed by atoms with Crippen molar-refractivity contribution in [3.8, 4) is 0 Å². The van der Waals surface area contributed by atoms with Gasteiger partial charge in [-0.25, -0.2) is 0 Å². The second-order valence-corrected chi connectivity index (χ2v) is 4.15. The Bertz CT molecular complexity index is 135. The lowest BCUT2D eigenvalue weighted by Crippen LogP contribution is -1.74. The van der Waals surface area contributed by atoms with E-state index in [1.54, 1.807) is 0 Å². The molecule has 0 heteroatoms. The first-order chi connectivity index (χ1) is 5.84. The molecule has 1 saturated carbocycles. The lowest BCUT2D eigenvalue weighted by atomic mass is 10.1. The summed E-state index contributed by atoms with van der Waals surface area (Å²) in [6.07, 6.45) is 13.1. The number of allylic oxidation sites excluding steroid dienone is 2. The Hall–Kier alpha value is -0.260. The third kappa shape index (κ3) is 3.94. The van der Waals surface area contributed by atoms with Crippen LogP contribution in [-0.2, 0) is 0 Å². The van der Waals surface area contributed by atoms with E-state index in [1.807, 2.05) is 0 Å². The maximum atomic E-state index is 2.43. The molecule has 1 aliphatic carbocycles. The van der Waals surface area contributed by atoms with Crippen molar-refractivity contribution in [2.75, 3.05) is 0 Å². The highest BCUT2D eigenvalue weighted by atomic mass is 14.3. The van der Waals surface area contributed by atoms with E-state index in [2.05, 4.69) is 26.0 Å². The fraction of sp³-hybridized carbons (Fsp3) is 0.833. The van der Waals surface area contributed by atoms with Crippen molar-refractivity contribution in [2.24, 2.45) is 11.8 Å². The van der Waals surface area contributed by atoms with Gasteiger partial charge in [0.1, 0.15) is 0 Å². The smallest absolute Gasteiger partial charge is 0.0205 e. The Balaban J connectivity index is 1.85. The molecule has 0 aromatic carbocycles. The quantitative estimate of drug-likeness (QED) is 0.410. The van der Waals surface area contributed by atoms with Crippen molar-refractivity contribution < 1.29 is 0 Å². The molecule has 2 atom stereocenters. The van der Waals surface area contributed by atoms with Gasteiger partial charge in [-0.05, 0) is 31.1 Å². The van der Waals surface area contributed by atoms with Gasteiger partial charge in [0.25, 0.3) is 0 Å². The molecule has 70 valence electrons. The van der Waals surface area contributed by atoms with Crippen LogP contribution in [0, 0.1) is 11.8 Å². The minimum Gasteiger partial charge on any atom is -0.0882 e. The molecule has 0 nitrogen and oxygen atoms in total. The molecule has 12 heavy (non-hydrogen) atoms. The zero-order chi connectivity index (χ0) is 8.81. The van der Waals surface area contributed by atoms with Crippen LogP contribution in [0.25, 0.3) is 0 Å². The molecule has 0 bridgehead atoms. The monoisotopic (exact) mass is 166 g/mol. The van der Waals surface area contributed by atoms with Crippen LogP contribution in [0.15, 0.2) is 12.2 Å². The average Bonchev–Trinajstić information content (AvgIpc) is 2.74. The molecule has 0 radical (unpaired) electrons. The van der Waals surface area contributed by atoms with Gasteiger partial charge in [0, 0.05) is 0 Å². The average molecular weight is 166 g/mol. The van der Waals surface area contributed by atoms with Crippen molar-refractivity contribution in [3.63, 3.8) is 0 Å². The molecule has 1 rings (SSSR count). The summed E-state index contributed by atoms with van der Waals surface area (Å²) < 4.78 is 0. The Morgan fingerprint density at radius 2 is 2.00 bits per heavy atom. The fourth-order valence-corrected chi connectivity index (χ4v) is 1.58. The molecule has 0 N–H and O–H groups in total. The van der Waals surface area contributed by atoms with E-state index in [-0.39, 0.29) is 0 Å². The number of unbranched alkanes of at least 4 members (excludes halogenated alkanes) is 4. The second-order valence-electron chi connectivity index (χ2n) is 4.15. The summed E-state index contributed by atoms with van der Waals surface area (Å²) in [7, 11) is 0. The van der Waals surface area contributed by atoms with Crippen molar-refractivity contribution in [1.82, 2.24) is 0 Å². The molecule has 1 aliphatic rings. The fourth-order valence-electron chi connectivity index (χ4n) is 1.58. The van der Waals surface area contributed by atoms with Gasteiger partial charge >= 0.3 is 0 Å². The molecular formula is C12H22. The van der Waals surface area contributed by atoms with Crippen LogP contribution in [0.1, 0.15) is 52.4 Å². The second kappa shape index (κ2) is 5.40. The standard InChI is InChI=1S/C12H22/c1-3-4-5-6-7-8-9-12-10-11(12)2/h8-9,11-12H,3-7,10H2,1-2H3. The Kier molecular flexibility index (Phi) is 4.42. The molecule has 0 aromatic rings. The molecule has 0 heterocycles. The minimum absolute atomic E-state index is 0.941. The van der Waals surface area contributed by atoms with E-state index >= 15 is 0 Å². The van der Waals surface area contributed by atoms with Crippen LogP contribution in [0.5, 0.6) is 0 Å². The lowest BCUT2D eigenvalue weighted by molar-refractivity contribution is 0.673. The van der Waals surface area contributed by atoms with E-state index in [4.69, 9.17) is 0 Å². The van der Waals surface area contributed by atoms with Crippen molar-refractivity contribution in [3.05, 3.63) is 12.2 Å². The zero-order valence-corrected chi connectivity index (χ0v) is 8.55. The van der Waals surface area contributed by atoms with Crippen LogP contribution in [0.4, 0.5) is 0 Å². The molecule has 2 unspecified atom stereocenters. The summed E-state index contributed by atoms with van der Waals surface area (Å²) in [6.45, 7) is 4.60. The summed E-state index contributed by atoms with van der Waals surface area (Å²) in [4.78, 5) is 0. The Labute approximate surface area is 77.1 Å². The zero-order valence-electron chi connectivity index (χ0n) is 8.55. The Morgan fingerprint density at radius 3 is 2.58 bits per heavy atom. The van der Waals surface area contributed by atoms with Gasteiger partial charge in [-0.15, -0.1) is 0 Å². The van der Waals surface area contributed by atoms with Crippen molar-refractivity contribution in [1.29, 1.82) is 0 Å². The van der Waals surface area contributed by atoms with E-state index in [9.17, 15) is 0 Å². The van der Waals surface area contributed by atoms with Crippen LogP contribution < -0.4 is 0 Å². The predicted molar refractivity (Wildman–Crippen MR) is 55.2 cm³/mol. The molecule has 0 aromatic heterocycles. The minimum atomic E-state index is 0.941. The normalized spacial score (nSPS) is 28.2. The summed E-state index contributed by atoms with van der Waals surface area (Å²) >= 11 is 0. The number of hydrogen-bond acceptors (Lipinski definition) is 0. The maximum absolute atomic E-state index is 2.43. The highest BCUT2D eigenvalue weighted by Crippen LogP contribution is 2.38. The third-order valence-electron chi connectivity index (χ3n) is 2.78. The van der Waals surface area contributed by atoms with Gasteiger partial charge in [0.05, 0.1) is 0 Å². The largest absolute Gasteiger partial charge is 0.0882 e. The predicted octanol–water partition coefficient (Wildman–Crippen LogP) is 4.17. The lowest BCUT2D eigenvalue weighted by Gasteiger charge is -1.93. The van der Waals surface area contributed by atoms with Gasteiger partial charge in [0.15, 0.2) is 0 Å². The first kappa shape index (κ1) is 9.83. The topological polar surface area (TPSA) is 0 Å². The highest BCUT2D eigenvalue weighted by molar-refractivity contribution is 5.00. The molecule has 0 spiro atoms. The van der Waals surface area contributed by atoms with Gasteiger partial charge in [0.2, 0.25) is 0 Å². The van der Waals surface area contributed by atoms with Crippen LogP contribution in [0.2, 0.25) is 0 Å². The highest BCUT2D eigenvalue weighted by Gasteiger charge is 2.29. The summed E-state index contributed by atoms with van der Waals surface area (Å²) in [5.74, 6) is 1.92. The summed E-state index contributed by atoms with van der Waals surface area (Å²) in [5.41, 5.74) is 0. The summed E-state index contributed by atoms with van der Waals surface area (Å²) in [6, 6.07) is 0.